The van der Waals surface area contributed by atoms with Crippen LogP contribution in [0.4, 0.5) is 8.78 Å². The van der Waals surface area contributed by atoms with Gasteiger partial charge in [0.25, 0.3) is 0 Å². The summed E-state index contributed by atoms with van der Waals surface area (Å²) >= 11 is 0. The third-order valence-corrected chi connectivity index (χ3v) is 4.36. The van der Waals surface area contributed by atoms with Gasteiger partial charge in [0.15, 0.2) is 0 Å². The Bertz CT molecular complexity index is 444. The minimum atomic E-state index is -0.355. The number of likely N-dealkylation sites (tertiary alicyclic amines) is 1. The molecule has 2 saturated heterocycles. The van der Waals surface area contributed by atoms with Crippen LogP contribution < -0.4 is 5.32 Å². The molecule has 0 aromatic heterocycles. The van der Waals surface area contributed by atoms with Gasteiger partial charge in [-0.25, -0.2) is 8.78 Å². The lowest BCUT2D eigenvalue weighted by Gasteiger charge is -2.29. The predicted molar refractivity (Wildman–Crippen MR) is 70.8 cm³/mol. The lowest BCUT2D eigenvalue weighted by molar-refractivity contribution is 0.204. The number of nitrogens with zero attached hydrogens (tertiary/aromatic N) is 1. The van der Waals surface area contributed by atoms with Gasteiger partial charge < -0.3 is 5.32 Å². The standard InChI is InChI=1S/C15H20F2N2/c16-12-5-6-13(17)11(9-12)10-19-8-2-4-15(19)14-3-1-7-18-14/h5-6,9,14-15,18H,1-4,7-8,10H2. The average molecular weight is 266 g/mol. The van der Waals surface area contributed by atoms with Gasteiger partial charge >= 0.3 is 0 Å². The van der Waals surface area contributed by atoms with Crippen LogP contribution in [0.5, 0.6) is 0 Å². The summed E-state index contributed by atoms with van der Waals surface area (Å²) in [6.07, 6.45) is 4.74. The predicted octanol–water partition coefficient (Wildman–Crippen LogP) is 2.68. The van der Waals surface area contributed by atoms with Crippen LogP contribution in [-0.4, -0.2) is 30.1 Å². The summed E-state index contributed by atoms with van der Waals surface area (Å²) in [5.74, 6) is -0.655. The van der Waals surface area contributed by atoms with E-state index in [9.17, 15) is 8.78 Å². The van der Waals surface area contributed by atoms with Crippen LogP contribution in [-0.2, 0) is 6.54 Å². The maximum Gasteiger partial charge on any atom is 0.127 e. The van der Waals surface area contributed by atoms with Crippen molar-refractivity contribution in [2.45, 2.75) is 44.3 Å². The summed E-state index contributed by atoms with van der Waals surface area (Å²) in [5.41, 5.74) is 0.477. The molecule has 0 bridgehead atoms. The van der Waals surface area contributed by atoms with Gasteiger partial charge in [-0.05, 0) is 57.0 Å². The van der Waals surface area contributed by atoms with Crippen LogP contribution in [0.15, 0.2) is 18.2 Å². The number of hydrogen-bond donors (Lipinski definition) is 1. The minimum absolute atomic E-state index is 0.300. The van der Waals surface area contributed by atoms with Crippen molar-refractivity contribution in [1.82, 2.24) is 10.2 Å². The van der Waals surface area contributed by atoms with Crippen molar-refractivity contribution in [3.8, 4) is 0 Å². The van der Waals surface area contributed by atoms with Gasteiger partial charge in [-0.3, -0.25) is 4.90 Å². The molecule has 104 valence electrons. The number of benzene rings is 1. The molecule has 2 unspecified atom stereocenters. The number of hydrogen-bond acceptors (Lipinski definition) is 2. The van der Waals surface area contributed by atoms with Gasteiger partial charge in [0.05, 0.1) is 0 Å². The van der Waals surface area contributed by atoms with E-state index in [4.69, 9.17) is 0 Å². The van der Waals surface area contributed by atoms with Gasteiger partial charge in [0, 0.05) is 24.2 Å². The Morgan fingerprint density at radius 2 is 2.11 bits per heavy atom. The molecule has 2 heterocycles. The third-order valence-electron chi connectivity index (χ3n) is 4.36. The van der Waals surface area contributed by atoms with E-state index < -0.39 is 0 Å². The zero-order valence-corrected chi connectivity index (χ0v) is 11.0. The molecule has 3 rings (SSSR count). The third kappa shape index (κ3) is 2.79. The molecule has 19 heavy (non-hydrogen) atoms. The molecule has 4 heteroatoms. The largest absolute Gasteiger partial charge is 0.312 e. The van der Waals surface area contributed by atoms with Crippen LogP contribution in [0.25, 0.3) is 0 Å². The molecule has 0 aliphatic carbocycles. The summed E-state index contributed by atoms with van der Waals surface area (Å²) < 4.78 is 26.9. The monoisotopic (exact) mass is 266 g/mol. The molecule has 0 amide bonds. The minimum Gasteiger partial charge on any atom is -0.312 e. The lowest BCUT2D eigenvalue weighted by Crippen LogP contribution is -2.43. The van der Waals surface area contributed by atoms with E-state index in [1.165, 1.54) is 31.0 Å². The zero-order chi connectivity index (χ0) is 13.2. The van der Waals surface area contributed by atoms with Gasteiger partial charge in [-0.15, -0.1) is 0 Å². The summed E-state index contributed by atoms with van der Waals surface area (Å²) in [7, 11) is 0. The van der Waals surface area contributed by atoms with Gasteiger partial charge in [0.2, 0.25) is 0 Å². The molecule has 2 aliphatic rings. The van der Waals surface area contributed by atoms with Gasteiger partial charge in [0.1, 0.15) is 11.6 Å². The molecule has 1 aromatic carbocycles. The van der Waals surface area contributed by atoms with Crippen LogP contribution in [0.2, 0.25) is 0 Å². The highest BCUT2D eigenvalue weighted by molar-refractivity contribution is 5.19. The quantitative estimate of drug-likeness (QED) is 0.905. The molecule has 2 nitrogen and oxygen atoms in total. The Hall–Kier alpha value is -1.00. The fraction of sp³-hybridized carbons (Fsp3) is 0.600. The maximum absolute atomic E-state index is 13.7. The van der Waals surface area contributed by atoms with E-state index in [-0.39, 0.29) is 11.6 Å². The summed E-state index contributed by atoms with van der Waals surface area (Å²) in [6, 6.07) is 4.74. The van der Waals surface area contributed by atoms with Crippen molar-refractivity contribution in [2.24, 2.45) is 0 Å². The average Bonchev–Trinajstić information content (AvgIpc) is 3.03. The second kappa shape index (κ2) is 5.55. The van der Waals surface area contributed by atoms with E-state index >= 15 is 0 Å². The highest BCUT2D eigenvalue weighted by atomic mass is 19.1. The highest BCUT2D eigenvalue weighted by Crippen LogP contribution is 2.27. The van der Waals surface area contributed by atoms with Crippen molar-refractivity contribution in [1.29, 1.82) is 0 Å². The topological polar surface area (TPSA) is 15.3 Å². The van der Waals surface area contributed by atoms with E-state index in [1.54, 1.807) is 0 Å². The smallest absolute Gasteiger partial charge is 0.127 e. The van der Waals surface area contributed by atoms with Gasteiger partial charge in [-0.1, -0.05) is 0 Å². The van der Waals surface area contributed by atoms with E-state index in [0.717, 1.165) is 25.9 Å². The molecule has 0 saturated carbocycles. The van der Waals surface area contributed by atoms with E-state index in [2.05, 4.69) is 10.2 Å². The Morgan fingerprint density at radius 3 is 2.89 bits per heavy atom. The first kappa shape index (κ1) is 13.0. The molecular weight excluding hydrogens is 246 g/mol. The number of halogens is 2. The molecule has 1 N–H and O–H groups in total. The van der Waals surface area contributed by atoms with E-state index in [0.29, 0.717) is 24.2 Å². The molecule has 2 aliphatic heterocycles. The van der Waals surface area contributed by atoms with Crippen molar-refractivity contribution in [2.75, 3.05) is 13.1 Å². The maximum atomic E-state index is 13.7. The van der Waals surface area contributed by atoms with Crippen molar-refractivity contribution in [3.63, 3.8) is 0 Å². The Morgan fingerprint density at radius 1 is 1.21 bits per heavy atom. The SMILES string of the molecule is Fc1ccc(F)c(CN2CCCC2C2CCCN2)c1. The fourth-order valence-corrected chi connectivity index (χ4v) is 3.43. The normalized spacial score (nSPS) is 28.1. The van der Waals surface area contributed by atoms with Crippen LogP contribution in [0, 0.1) is 11.6 Å². The van der Waals surface area contributed by atoms with Crippen LogP contribution in [0.1, 0.15) is 31.2 Å². The van der Waals surface area contributed by atoms with E-state index in [1.807, 2.05) is 0 Å². The second-order valence-corrected chi connectivity index (χ2v) is 5.62. The Labute approximate surface area is 112 Å². The first-order valence-corrected chi connectivity index (χ1v) is 7.15. The summed E-state index contributed by atoms with van der Waals surface area (Å²) in [4.78, 5) is 2.31. The van der Waals surface area contributed by atoms with Crippen molar-refractivity contribution < 1.29 is 8.78 Å². The molecule has 2 fully saturated rings. The second-order valence-electron chi connectivity index (χ2n) is 5.62. The van der Waals surface area contributed by atoms with Gasteiger partial charge in [-0.2, -0.15) is 0 Å². The first-order chi connectivity index (χ1) is 9.24. The summed E-state index contributed by atoms with van der Waals surface area (Å²) in [5, 5.41) is 3.53. The van der Waals surface area contributed by atoms with Crippen LogP contribution in [0.3, 0.4) is 0 Å². The zero-order valence-electron chi connectivity index (χ0n) is 11.0. The number of nitrogens with one attached hydrogen (secondary N) is 1. The molecule has 0 spiro atoms. The molecule has 2 atom stereocenters. The number of rotatable bonds is 3. The Kier molecular flexibility index (Phi) is 3.80. The molecular formula is C15H20F2N2. The Balaban J connectivity index is 1.72. The summed E-state index contributed by atoms with van der Waals surface area (Å²) in [6.45, 7) is 2.59. The highest BCUT2D eigenvalue weighted by Gasteiger charge is 2.33. The fourth-order valence-electron chi connectivity index (χ4n) is 3.43. The van der Waals surface area contributed by atoms with Crippen LogP contribution >= 0.6 is 0 Å². The molecule has 1 aromatic rings. The molecule has 0 radical (unpaired) electrons. The van der Waals surface area contributed by atoms with Crippen molar-refractivity contribution >= 4 is 0 Å². The first-order valence-electron chi connectivity index (χ1n) is 7.15. The lowest BCUT2D eigenvalue weighted by atomic mass is 10.0. The van der Waals surface area contributed by atoms with Crippen molar-refractivity contribution in [3.05, 3.63) is 35.4 Å².